The molecule has 1 heterocycles. The van der Waals surface area contributed by atoms with Crippen LogP contribution in [0.4, 0.5) is 10.8 Å². The van der Waals surface area contributed by atoms with Crippen molar-refractivity contribution in [2.24, 2.45) is 0 Å². The zero-order chi connectivity index (χ0) is 17.6. The van der Waals surface area contributed by atoms with Crippen LogP contribution in [0, 0.1) is 10.1 Å². The van der Waals surface area contributed by atoms with Crippen molar-refractivity contribution >= 4 is 34.1 Å². The number of nitro benzene ring substituents is 1. The number of nitrogens with zero attached hydrogens (tertiary/aromatic N) is 3. The van der Waals surface area contributed by atoms with Gasteiger partial charge in [0.25, 0.3) is 5.69 Å². The summed E-state index contributed by atoms with van der Waals surface area (Å²) in [7, 11) is 0. The van der Waals surface area contributed by atoms with Gasteiger partial charge >= 0.3 is 0 Å². The van der Waals surface area contributed by atoms with Crippen LogP contribution in [0.15, 0.2) is 60.7 Å². The molecule has 2 aromatic carbocycles. The number of hydrogen-bond donors (Lipinski definition) is 1. The minimum Gasteiger partial charge on any atom is -0.297 e. The van der Waals surface area contributed by atoms with Crippen molar-refractivity contribution in [3.63, 3.8) is 0 Å². The summed E-state index contributed by atoms with van der Waals surface area (Å²) >= 11 is 1.25. The van der Waals surface area contributed by atoms with E-state index in [4.69, 9.17) is 0 Å². The van der Waals surface area contributed by atoms with Crippen molar-refractivity contribution in [2.45, 2.75) is 0 Å². The molecule has 0 atom stereocenters. The van der Waals surface area contributed by atoms with Gasteiger partial charge in [-0.1, -0.05) is 53.8 Å². The fourth-order valence-corrected chi connectivity index (χ4v) is 2.83. The van der Waals surface area contributed by atoms with E-state index < -0.39 is 10.8 Å². The predicted molar refractivity (Wildman–Crippen MR) is 96.1 cm³/mol. The average Bonchev–Trinajstić information content (AvgIpc) is 3.09. The molecule has 0 saturated heterocycles. The van der Waals surface area contributed by atoms with E-state index in [0.717, 1.165) is 5.56 Å². The molecule has 0 fully saturated rings. The lowest BCUT2D eigenvalue weighted by molar-refractivity contribution is -0.385. The number of hydrogen-bond acceptors (Lipinski definition) is 6. The normalized spacial score (nSPS) is 10.7. The third-order valence-electron chi connectivity index (χ3n) is 3.22. The molecule has 0 spiro atoms. The number of aromatic nitrogens is 2. The summed E-state index contributed by atoms with van der Waals surface area (Å²) in [5.41, 5.74) is 1.20. The third kappa shape index (κ3) is 4.12. The highest BCUT2D eigenvalue weighted by atomic mass is 32.1. The fourth-order valence-electron chi connectivity index (χ4n) is 2.08. The number of rotatable bonds is 5. The molecule has 0 aliphatic carbocycles. The van der Waals surface area contributed by atoms with Crippen molar-refractivity contribution in [3.05, 3.63) is 76.4 Å². The Morgan fingerprint density at radius 1 is 1.08 bits per heavy atom. The van der Waals surface area contributed by atoms with Gasteiger partial charge in [-0.05, 0) is 12.1 Å². The molecule has 1 N–H and O–H groups in total. The monoisotopic (exact) mass is 352 g/mol. The Kier molecular flexibility index (Phi) is 4.91. The van der Waals surface area contributed by atoms with Crippen LogP contribution in [-0.4, -0.2) is 21.0 Å². The SMILES string of the molecule is O=C(/C=C/c1ccccc1[N+](=O)[O-])Nc1nnc(-c2ccccc2)s1. The number of nitro groups is 1. The number of carbonyl (C=O) groups excluding carboxylic acids is 1. The maximum atomic E-state index is 12.0. The van der Waals surface area contributed by atoms with E-state index in [1.54, 1.807) is 18.2 Å². The van der Waals surface area contributed by atoms with Gasteiger partial charge in [0.1, 0.15) is 5.01 Å². The average molecular weight is 352 g/mol. The van der Waals surface area contributed by atoms with Crippen molar-refractivity contribution in [2.75, 3.05) is 5.32 Å². The number of anilines is 1. The van der Waals surface area contributed by atoms with Crippen LogP contribution < -0.4 is 5.32 Å². The lowest BCUT2D eigenvalue weighted by Crippen LogP contribution is -2.07. The first kappa shape index (κ1) is 16.5. The molecule has 1 amide bonds. The molecule has 124 valence electrons. The van der Waals surface area contributed by atoms with Crippen molar-refractivity contribution in [1.29, 1.82) is 0 Å². The molecule has 0 aliphatic rings. The van der Waals surface area contributed by atoms with Crippen LogP contribution >= 0.6 is 11.3 Å². The van der Waals surface area contributed by atoms with Gasteiger partial charge in [0.05, 0.1) is 10.5 Å². The Balaban J connectivity index is 1.69. The van der Waals surface area contributed by atoms with E-state index in [1.807, 2.05) is 30.3 Å². The minimum absolute atomic E-state index is 0.0613. The van der Waals surface area contributed by atoms with E-state index in [1.165, 1.54) is 29.6 Å². The minimum atomic E-state index is -0.492. The molecule has 25 heavy (non-hydrogen) atoms. The largest absolute Gasteiger partial charge is 0.297 e. The molecule has 3 aromatic rings. The van der Waals surface area contributed by atoms with E-state index >= 15 is 0 Å². The van der Waals surface area contributed by atoms with E-state index in [2.05, 4.69) is 15.5 Å². The van der Waals surface area contributed by atoms with Crippen LogP contribution in [0.3, 0.4) is 0 Å². The number of para-hydroxylation sites is 1. The fraction of sp³-hybridized carbons (Fsp3) is 0. The summed E-state index contributed by atoms with van der Waals surface area (Å²) in [6.07, 6.45) is 2.62. The Bertz CT molecular complexity index is 938. The maximum Gasteiger partial charge on any atom is 0.276 e. The van der Waals surface area contributed by atoms with E-state index in [0.29, 0.717) is 15.7 Å². The number of amides is 1. The Hall–Kier alpha value is -3.39. The summed E-state index contributed by atoms with van der Waals surface area (Å²) in [6, 6.07) is 15.7. The predicted octanol–water partition coefficient (Wildman–Crippen LogP) is 3.77. The van der Waals surface area contributed by atoms with E-state index in [-0.39, 0.29) is 5.69 Å². The number of nitrogens with one attached hydrogen (secondary N) is 1. The summed E-state index contributed by atoms with van der Waals surface area (Å²) in [5.74, 6) is -0.436. The molecular weight excluding hydrogens is 340 g/mol. The Labute approximate surface area is 146 Å². The number of carbonyl (C=O) groups is 1. The van der Waals surface area contributed by atoms with Gasteiger partial charge in [-0.15, -0.1) is 10.2 Å². The van der Waals surface area contributed by atoms with Gasteiger partial charge in [0.2, 0.25) is 11.0 Å². The van der Waals surface area contributed by atoms with Crippen molar-refractivity contribution < 1.29 is 9.72 Å². The van der Waals surface area contributed by atoms with Gasteiger partial charge in [0.15, 0.2) is 0 Å². The highest BCUT2D eigenvalue weighted by Gasteiger charge is 2.11. The first-order chi connectivity index (χ1) is 12.1. The van der Waals surface area contributed by atoms with Crippen molar-refractivity contribution in [1.82, 2.24) is 10.2 Å². The smallest absolute Gasteiger partial charge is 0.276 e. The highest BCUT2D eigenvalue weighted by molar-refractivity contribution is 7.18. The summed E-state index contributed by atoms with van der Waals surface area (Å²) in [5, 5.41) is 22.6. The summed E-state index contributed by atoms with van der Waals surface area (Å²) in [4.78, 5) is 22.4. The second-order valence-corrected chi connectivity index (χ2v) is 5.89. The second kappa shape index (κ2) is 7.45. The van der Waals surface area contributed by atoms with Crippen LogP contribution in [0.1, 0.15) is 5.56 Å². The van der Waals surface area contributed by atoms with Gasteiger partial charge in [-0.3, -0.25) is 20.2 Å². The van der Waals surface area contributed by atoms with E-state index in [9.17, 15) is 14.9 Å². The molecule has 0 radical (unpaired) electrons. The number of benzene rings is 2. The molecule has 0 saturated carbocycles. The molecule has 0 aliphatic heterocycles. The Morgan fingerprint density at radius 2 is 1.80 bits per heavy atom. The summed E-state index contributed by atoms with van der Waals surface area (Å²) < 4.78 is 0. The van der Waals surface area contributed by atoms with Gasteiger partial charge in [-0.25, -0.2) is 0 Å². The standard InChI is InChI=1S/C17H12N4O3S/c22-15(11-10-12-6-4-5-9-14(12)21(23)24)18-17-20-19-16(25-17)13-7-2-1-3-8-13/h1-11H,(H,18,20,22)/b11-10+. The van der Waals surface area contributed by atoms with Crippen LogP contribution in [-0.2, 0) is 4.79 Å². The maximum absolute atomic E-state index is 12.0. The van der Waals surface area contributed by atoms with Crippen LogP contribution in [0.5, 0.6) is 0 Å². The van der Waals surface area contributed by atoms with Crippen LogP contribution in [0.25, 0.3) is 16.6 Å². The molecule has 3 rings (SSSR count). The zero-order valence-electron chi connectivity index (χ0n) is 12.8. The quantitative estimate of drug-likeness (QED) is 0.428. The Morgan fingerprint density at radius 3 is 2.56 bits per heavy atom. The third-order valence-corrected chi connectivity index (χ3v) is 4.11. The summed E-state index contributed by atoms with van der Waals surface area (Å²) in [6.45, 7) is 0. The molecular formula is C17H12N4O3S. The lowest BCUT2D eigenvalue weighted by atomic mass is 10.1. The molecule has 8 heteroatoms. The molecule has 0 bridgehead atoms. The molecule has 0 unspecified atom stereocenters. The lowest BCUT2D eigenvalue weighted by Gasteiger charge is -1.97. The van der Waals surface area contributed by atoms with Crippen molar-refractivity contribution in [3.8, 4) is 10.6 Å². The topological polar surface area (TPSA) is 98.0 Å². The molecule has 1 aromatic heterocycles. The first-order valence-corrected chi connectivity index (χ1v) is 8.06. The van der Waals surface area contributed by atoms with Gasteiger partial charge in [-0.2, -0.15) is 0 Å². The second-order valence-electron chi connectivity index (χ2n) is 4.92. The zero-order valence-corrected chi connectivity index (χ0v) is 13.6. The van der Waals surface area contributed by atoms with Crippen LogP contribution in [0.2, 0.25) is 0 Å². The van der Waals surface area contributed by atoms with Gasteiger partial charge < -0.3 is 0 Å². The first-order valence-electron chi connectivity index (χ1n) is 7.25. The molecule has 7 nitrogen and oxygen atoms in total. The highest BCUT2D eigenvalue weighted by Crippen LogP contribution is 2.26. The van der Waals surface area contributed by atoms with Gasteiger partial charge in [0, 0.05) is 17.7 Å².